The first-order valence-electron chi connectivity index (χ1n) is 9.00. The first-order valence-corrected chi connectivity index (χ1v) is 9.38. The van der Waals surface area contributed by atoms with E-state index in [1.54, 1.807) is 32.4 Å². The molecule has 0 spiro atoms. The van der Waals surface area contributed by atoms with Gasteiger partial charge in [0, 0.05) is 34.5 Å². The predicted octanol–water partition coefficient (Wildman–Crippen LogP) is 4.90. The Morgan fingerprint density at radius 2 is 1.83 bits per heavy atom. The highest BCUT2D eigenvalue weighted by atomic mass is 35.5. The monoisotopic (exact) mass is 449 g/mol. The summed E-state index contributed by atoms with van der Waals surface area (Å²) >= 11 is 6.14. The zero-order valence-corrected chi connectivity index (χ0v) is 18.2. The van der Waals surface area contributed by atoms with Crippen LogP contribution in [0.15, 0.2) is 30.3 Å². The van der Waals surface area contributed by atoms with Gasteiger partial charge >= 0.3 is 0 Å². The lowest BCUT2D eigenvalue weighted by Gasteiger charge is -2.14. The molecular weight excluding hydrogens is 429 g/mol. The lowest BCUT2D eigenvalue weighted by molar-refractivity contribution is 0.144. The Morgan fingerprint density at radius 3 is 2.53 bits per heavy atom. The standard InChI is InChI=1S/C21H20ClN3O4.ClH/c1-11-19-13-9-18(29-7-6-27-2)17(28-3)10-14(13)20(23-21(19)25-24-11)12-4-5-16(26)15(22)8-12;/h4-5,8-10,26H,6-7H2,1-3H3,(H,23,24,25);1H. The van der Waals surface area contributed by atoms with Gasteiger partial charge in [-0.3, -0.25) is 5.10 Å². The van der Waals surface area contributed by atoms with Gasteiger partial charge in [-0.2, -0.15) is 5.10 Å². The van der Waals surface area contributed by atoms with Crippen molar-refractivity contribution < 1.29 is 19.3 Å². The largest absolute Gasteiger partial charge is 0.506 e. The van der Waals surface area contributed by atoms with E-state index in [1.807, 2.05) is 19.1 Å². The van der Waals surface area contributed by atoms with Crippen molar-refractivity contribution in [2.75, 3.05) is 27.4 Å². The van der Waals surface area contributed by atoms with Crippen molar-refractivity contribution in [2.24, 2.45) is 0 Å². The Bertz CT molecular complexity index is 1210. The van der Waals surface area contributed by atoms with Crippen molar-refractivity contribution in [3.63, 3.8) is 0 Å². The van der Waals surface area contributed by atoms with Gasteiger partial charge < -0.3 is 19.3 Å². The number of nitrogens with zero attached hydrogens (tertiary/aromatic N) is 2. The van der Waals surface area contributed by atoms with Crippen LogP contribution in [0.2, 0.25) is 5.02 Å². The summed E-state index contributed by atoms with van der Waals surface area (Å²) in [5.74, 6) is 1.21. The minimum absolute atomic E-state index is 0. The second-order valence-corrected chi connectivity index (χ2v) is 6.97. The number of aromatic hydroxyl groups is 1. The van der Waals surface area contributed by atoms with Crippen molar-refractivity contribution in [2.45, 2.75) is 6.92 Å². The highest BCUT2D eigenvalue weighted by Crippen LogP contribution is 2.41. The van der Waals surface area contributed by atoms with E-state index in [0.717, 1.165) is 27.4 Å². The average Bonchev–Trinajstić information content (AvgIpc) is 3.10. The Kier molecular flexibility index (Phi) is 6.55. The zero-order chi connectivity index (χ0) is 20.5. The molecule has 7 nitrogen and oxygen atoms in total. The summed E-state index contributed by atoms with van der Waals surface area (Å²) in [6.45, 7) is 2.82. The lowest BCUT2D eigenvalue weighted by Crippen LogP contribution is -2.05. The van der Waals surface area contributed by atoms with Crippen molar-refractivity contribution >= 4 is 45.8 Å². The molecule has 0 saturated carbocycles. The minimum Gasteiger partial charge on any atom is -0.506 e. The van der Waals surface area contributed by atoms with Crippen molar-refractivity contribution in [1.82, 2.24) is 15.2 Å². The first-order chi connectivity index (χ1) is 14.0. The van der Waals surface area contributed by atoms with Crippen LogP contribution in [0.3, 0.4) is 0 Å². The van der Waals surface area contributed by atoms with Crippen molar-refractivity contribution in [3.05, 3.63) is 41.0 Å². The molecule has 9 heteroatoms. The molecule has 0 aliphatic carbocycles. The number of aromatic amines is 1. The van der Waals surface area contributed by atoms with Gasteiger partial charge in [0.1, 0.15) is 12.4 Å². The van der Waals surface area contributed by atoms with Gasteiger partial charge in [-0.05, 0) is 37.3 Å². The summed E-state index contributed by atoms with van der Waals surface area (Å²) in [5, 5.41) is 20.1. The fourth-order valence-electron chi connectivity index (χ4n) is 3.33. The van der Waals surface area contributed by atoms with Crippen LogP contribution in [0.25, 0.3) is 33.1 Å². The maximum atomic E-state index is 9.78. The SMILES string of the molecule is COCCOc1cc2c(cc1OC)c(-c1ccc(O)c(Cl)c1)nc1n[nH]c(C)c12.Cl. The van der Waals surface area contributed by atoms with Gasteiger partial charge in [0.05, 0.1) is 24.4 Å². The van der Waals surface area contributed by atoms with Crippen LogP contribution in [0.1, 0.15) is 5.69 Å². The van der Waals surface area contributed by atoms with Gasteiger partial charge in [0.15, 0.2) is 17.1 Å². The molecule has 2 aromatic carbocycles. The molecule has 4 aromatic rings. The highest BCUT2D eigenvalue weighted by Gasteiger charge is 2.18. The molecule has 0 unspecified atom stereocenters. The number of ether oxygens (including phenoxy) is 3. The number of phenolic OH excluding ortho intramolecular Hbond substituents is 1. The molecule has 0 amide bonds. The third kappa shape index (κ3) is 3.84. The molecule has 0 radical (unpaired) electrons. The predicted molar refractivity (Wildman–Crippen MR) is 119 cm³/mol. The smallest absolute Gasteiger partial charge is 0.182 e. The fraction of sp³-hybridized carbons (Fsp3) is 0.238. The maximum Gasteiger partial charge on any atom is 0.182 e. The number of fused-ring (bicyclic) bond motifs is 3. The van der Waals surface area contributed by atoms with Gasteiger partial charge in [-0.1, -0.05) is 11.6 Å². The molecule has 2 heterocycles. The molecule has 0 bridgehead atoms. The maximum absolute atomic E-state index is 9.78. The molecular formula is C21H21Cl2N3O4. The topological polar surface area (TPSA) is 89.5 Å². The molecule has 0 atom stereocenters. The summed E-state index contributed by atoms with van der Waals surface area (Å²) in [6, 6.07) is 8.82. The quantitative estimate of drug-likeness (QED) is 0.406. The zero-order valence-electron chi connectivity index (χ0n) is 16.7. The number of hydrogen-bond acceptors (Lipinski definition) is 6. The summed E-state index contributed by atoms with van der Waals surface area (Å²) in [6.07, 6.45) is 0. The number of aryl methyl sites for hydroxylation is 1. The number of rotatable bonds is 6. The highest BCUT2D eigenvalue weighted by molar-refractivity contribution is 6.32. The molecule has 0 aliphatic rings. The number of pyridine rings is 1. The molecule has 2 aromatic heterocycles. The van der Waals surface area contributed by atoms with E-state index in [1.165, 1.54) is 0 Å². The van der Waals surface area contributed by atoms with Gasteiger partial charge in [-0.25, -0.2) is 4.98 Å². The number of nitrogens with one attached hydrogen (secondary N) is 1. The van der Waals surface area contributed by atoms with E-state index >= 15 is 0 Å². The number of H-pyrrole nitrogens is 1. The molecule has 0 fully saturated rings. The van der Waals surface area contributed by atoms with Crippen molar-refractivity contribution in [1.29, 1.82) is 0 Å². The van der Waals surface area contributed by atoms with Crippen LogP contribution in [-0.4, -0.2) is 47.7 Å². The number of benzene rings is 2. The Labute approximate surface area is 184 Å². The number of aromatic nitrogens is 3. The minimum atomic E-state index is 0. The summed E-state index contributed by atoms with van der Waals surface area (Å²) in [7, 11) is 3.22. The fourth-order valence-corrected chi connectivity index (χ4v) is 3.51. The van der Waals surface area contributed by atoms with Gasteiger partial charge in [0.25, 0.3) is 0 Å². The summed E-state index contributed by atoms with van der Waals surface area (Å²) in [5.41, 5.74) is 2.93. The van der Waals surface area contributed by atoms with Crippen LogP contribution in [0.5, 0.6) is 17.2 Å². The van der Waals surface area contributed by atoms with E-state index in [4.69, 9.17) is 30.8 Å². The van der Waals surface area contributed by atoms with E-state index in [0.29, 0.717) is 36.1 Å². The van der Waals surface area contributed by atoms with Crippen molar-refractivity contribution in [3.8, 4) is 28.5 Å². The molecule has 158 valence electrons. The Morgan fingerprint density at radius 1 is 1.07 bits per heavy atom. The van der Waals surface area contributed by atoms with E-state index in [-0.39, 0.29) is 23.2 Å². The molecule has 4 rings (SSSR count). The third-order valence-electron chi connectivity index (χ3n) is 4.74. The number of methoxy groups -OCH3 is 2. The van der Waals surface area contributed by atoms with Crippen LogP contribution in [0.4, 0.5) is 0 Å². The van der Waals surface area contributed by atoms with E-state index in [9.17, 15) is 5.11 Å². The van der Waals surface area contributed by atoms with Crippen LogP contribution in [0, 0.1) is 6.92 Å². The molecule has 30 heavy (non-hydrogen) atoms. The van der Waals surface area contributed by atoms with E-state index < -0.39 is 0 Å². The Hall–Kier alpha value is -2.74. The normalized spacial score (nSPS) is 10.9. The molecule has 0 aliphatic heterocycles. The van der Waals surface area contributed by atoms with Gasteiger partial charge in [0.2, 0.25) is 0 Å². The Balaban J connectivity index is 0.00000256. The molecule has 2 N–H and O–H groups in total. The van der Waals surface area contributed by atoms with Crippen LogP contribution in [-0.2, 0) is 4.74 Å². The van der Waals surface area contributed by atoms with Gasteiger partial charge in [-0.15, -0.1) is 12.4 Å². The second-order valence-electron chi connectivity index (χ2n) is 6.56. The summed E-state index contributed by atoms with van der Waals surface area (Å²) < 4.78 is 16.5. The molecule has 0 saturated heterocycles. The van der Waals surface area contributed by atoms with Crippen LogP contribution >= 0.6 is 24.0 Å². The third-order valence-corrected chi connectivity index (χ3v) is 5.04. The summed E-state index contributed by atoms with van der Waals surface area (Å²) in [4.78, 5) is 4.75. The number of phenols is 1. The van der Waals surface area contributed by atoms with Crippen LogP contribution < -0.4 is 9.47 Å². The second kappa shape index (κ2) is 8.95. The lowest BCUT2D eigenvalue weighted by atomic mass is 10.00. The average molecular weight is 450 g/mol. The number of hydrogen-bond donors (Lipinski definition) is 2. The number of halogens is 2. The van der Waals surface area contributed by atoms with E-state index in [2.05, 4.69) is 10.2 Å². The first kappa shape index (κ1) is 22.0.